The van der Waals surface area contributed by atoms with Gasteiger partial charge in [-0.1, -0.05) is 6.92 Å². The van der Waals surface area contributed by atoms with Gasteiger partial charge in [0.05, 0.1) is 6.17 Å². The molecule has 0 bridgehead atoms. The van der Waals surface area contributed by atoms with E-state index in [0.29, 0.717) is 0 Å². The minimum Gasteiger partial charge on any atom is -0.333 e. The molecule has 0 rings (SSSR count). The molecular formula is C5H11N2O. The molecule has 0 aromatic rings. The van der Waals surface area contributed by atoms with Crippen molar-refractivity contribution in [2.75, 3.05) is 6.54 Å². The Balaban J connectivity index is 3.03. The Bertz CT molecular complexity index is 65.4. The molecule has 0 aliphatic heterocycles. The Morgan fingerprint density at radius 2 is 2.38 bits per heavy atom. The average Bonchev–Trinajstić information content (AvgIpc) is 1.68. The van der Waals surface area contributed by atoms with Crippen molar-refractivity contribution in [2.45, 2.75) is 20.0 Å². The summed E-state index contributed by atoms with van der Waals surface area (Å²) in [7, 11) is 0. The second-order valence-corrected chi connectivity index (χ2v) is 1.53. The second-order valence-electron chi connectivity index (χ2n) is 1.53. The fraction of sp³-hybridized carbons (Fsp3) is 0.800. The highest BCUT2D eigenvalue weighted by Crippen LogP contribution is 1.67. The van der Waals surface area contributed by atoms with Crippen LogP contribution in [0.5, 0.6) is 0 Å². The average molecular weight is 115 g/mol. The molecule has 0 saturated heterocycles. The standard InChI is InChI=1S/C5H11N2O/c1-3-6-5(2)7-4-8/h5-6H,3H2,1-2H3,(H,7,8). The molecule has 0 spiro atoms. The third kappa shape index (κ3) is 3.61. The molecule has 1 amide bonds. The van der Waals surface area contributed by atoms with Crippen LogP contribution in [0, 0.1) is 0 Å². The molecule has 0 aliphatic carbocycles. The molecule has 0 fully saturated rings. The van der Waals surface area contributed by atoms with Crippen LogP contribution in [0.1, 0.15) is 13.8 Å². The van der Waals surface area contributed by atoms with E-state index in [0.717, 1.165) is 6.54 Å². The maximum Gasteiger partial charge on any atom is 0.310 e. The monoisotopic (exact) mass is 115 g/mol. The van der Waals surface area contributed by atoms with Crippen LogP contribution >= 0.6 is 0 Å². The summed E-state index contributed by atoms with van der Waals surface area (Å²) >= 11 is 0. The Kier molecular flexibility index (Phi) is 4.26. The first-order valence-corrected chi connectivity index (χ1v) is 2.67. The van der Waals surface area contributed by atoms with Gasteiger partial charge < -0.3 is 5.32 Å². The van der Waals surface area contributed by atoms with Gasteiger partial charge >= 0.3 is 6.41 Å². The zero-order chi connectivity index (χ0) is 6.41. The van der Waals surface area contributed by atoms with E-state index >= 15 is 0 Å². The normalized spacial score (nSPS) is 12.8. The number of amides is 1. The predicted molar refractivity (Wildman–Crippen MR) is 32.0 cm³/mol. The summed E-state index contributed by atoms with van der Waals surface area (Å²) in [4.78, 5) is 9.61. The minimum atomic E-state index is 0.0394. The molecule has 3 heteroatoms. The van der Waals surface area contributed by atoms with E-state index in [9.17, 15) is 4.79 Å². The Morgan fingerprint density at radius 1 is 1.75 bits per heavy atom. The topological polar surface area (TPSA) is 41.1 Å². The van der Waals surface area contributed by atoms with Crippen LogP contribution in [0.3, 0.4) is 0 Å². The van der Waals surface area contributed by atoms with Crippen molar-refractivity contribution in [1.29, 1.82) is 0 Å². The van der Waals surface area contributed by atoms with Gasteiger partial charge in [0.1, 0.15) is 0 Å². The quantitative estimate of drug-likeness (QED) is 0.386. The van der Waals surface area contributed by atoms with Crippen LogP contribution in [0.15, 0.2) is 0 Å². The molecule has 1 atom stereocenters. The summed E-state index contributed by atoms with van der Waals surface area (Å²) in [5, 5.41) is 5.40. The van der Waals surface area contributed by atoms with E-state index in [2.05, 4.69) is 10.6 Å². The molecular weight excluding hydrogens is 104 g/mol. The first kappa shape index (κ1) is 7.43. The largest absolute Gasteiger partial charge is 0.333 e. The smallest absolute Gasteiger partial charge is 0.310 e. The third-order valence-corrected chi connectivity index (χ3v) is 0.786. The zero-order valence-electron chi connectivity index (χ0n) is 5.19. The van der Waals surface area contributed by atoms with Crippen LogP contribution in [0.25, 0.3) is 0 Å². The summed E-state index contributed by atoms with van der Waals surface area (Å²) < 4.78 is 0. The molecule has 8 heavy (non-hydrogen) atoms. The minimum absolute atomic E-state index is 0.0394. The van der Waals surface area contributed by atoms with Gasteiger partial charge in [-0.05, 0) is 13.5 Å². The first-order chi connectivity index (χ1) is 3.81. The Labute approximate surface area is 49.5 Å². The van der Waals surface area contributed by atoms with E-state index in [1.54, 1.807) is 6.41 Å². The molecule has 0 heterocycles. The highest BCUT2D eigenvalue weighted by Gasteiger charge is 1.92. The zero-order valence-corrected chi connectivity index (χ0v) is 5.19. The van der Waals surface area contributed by atoms with Gasteiger partial charge in [0.25, 0.3) is 0 Å². The summed E-state index contributed by atoms with van der Waals surface area (Å²) in [6, 6.07) is 0. The van der Waals surface area contributed by atoms with Gasteiger partial charge in [0, 0.05) is 0 Å². The maximum absolute atomic E-state index is 9.61. The SMILES string of the molecule is CCNC(C)N[C]=O. The summed E-state index contributed by atoms with van der Waals surface area (Å²) in [6.45, 7) is 4.69. The molecule has 1 unspecified atom stereocenters. The fourth-order valence-corrected chi connectivity index (χ4v) is 0.446. The van der Waals surface area contributed by atoms with Crippen molar-refractivity contribution in [3.63, 3.8) is 0 Å². The van der Waals surface area contributed by atoms with Crippen molar-refractivity contribution >= 4 is 6.41 Å². The van der Waals surface area contributed by atoms with Gasteiger partial charge in [-0.25, -0.2) is 0 Å². The summed E-state index contributed by atoms with van der Waals surface area (Å²) in [5.74, 6) is 0. The first-order valence-electron chi connectivity index (χ1n) is 2.67. The van der Waals surface area contributed by atoms with Crippen LogP contribution < -0.4 is 10.6 Å². The van der Waals surface area contributed by atoms with Gasteiger partial charge in [-0.3, -0.25) is 10.1 Å². The Morgan fingerprint density at radius 3 is 2.75 bits per heavy atom. The van der Waals surface area contributed by atoms with Crippen molar-refractivity contribution in [1.82, 2.24) is 10.6 Å². The molecule has 47 valence electrons. The van der Waals surface area contributed by atoms with Crippen LogP contribution in [-0.4, -0.2) is 19.1 Å². The van der Waals surface area contributed by atoms with E-state index in [4.69, 9.17) is 0 Å². The van der Waals surface area contributed by atoms with Crippen LogP contribution in [0.2, 0.25) is 0 Å². The fourth-order valence-electron chi connectivity index (χ4n) is 0.446. The van der Waals surface area contributed by atoms with Crippen LogP contribution in [0.4, 0.5) is 0 Å². The highest BCUT2D eigenvalue weighted by atomic mass is 16.1. The lowest BCUT2D eigenvalue weighted by atomic mass is 10.5. The molecule has 1 radical (unpaired) electrons. The van der Waals surface area contributed by atoms with Crippen molar-refractivity contribution < 1.29 is 4.79 Å². The van der Waals surface area contributed by atoms with E-state index in [1.807, 2.05) is 13.8 Å². The third-order valence-electron chi connectivity index (χ3n) is 0.786. The molecule has 0 aromatic heterocycles. The van der Waals surface area contributed by atoms with Gasteiger partial charge in [-0.2, -0.15) is 0 Å². The lowest BCUT2D eigenvalue weighted by molar-refractivity contribution is 0.491. The number of nitrogens with one attached hydrogen (secondary N) is 2. The number of hydrogen-bond acceptors (Lipinski definition) is 2. The number of carbonyl (C=O) groups excluding carboxylic acids is 1. The second kappa shape index (κ2) is 4.59. The van der Waals surface area contributed by atoms with Gasteiger partial charge in [0.15, 0.2) is 0 Å². The van der Waals surface area contributed by atoms with E-state index < -0.39 is 0 Å². The van der Waals surface area contributed by atoms with Crippen molar-refractivity contribution in [3.05, 3.63) is 0 Å². The van der Waals surface area contributed by atoms with Gasteiger partial charge in [-0.15, -0.1) is 0 Å². The number of hydrogen-bond donors (Lipinski definition) is 2. The lowest BCUT2D eigenvalue weighted by Gasteiger charge is -2.07. The van der Waals surface area contributed by atoms with Crippen molar-refractivity contribution in [3.8, 4) is 0 Å². The van der Waals surface area contributed by atoms with E-state index in [1.165, 1.54) is 0 Å². The molecule has 3 nitrogen and oxygen atoms in total. The lowest BCUT2D eigenvalue weighted by Crippen LogP contribution is -2.38. The van der Waals surface area contributed by atoms with E-state index in [-0.39, 0.29) is 6.17 Å². The maximum atomic E-state index is 9.61. The van der Waals surface area contributed by atoms with Crippen LogP contribution in [-0.2, 0) is 4.79 Å². The van der Waals surface area contributed by atoms with Crippen molar-refractivity contribution in [2.24, 2.45) is 0 Å². The molecule has 0 aromatic carbocycles. The highest BCUT2D eigenvalue weighted by molar-refractivity contribution is 5.47. The summed E-state index contributed by atoms with van der Waals surface area (Å²) in [5.41, 5.74) is 0. The predicted octanol–water partition coefficient (Wildman–Crippen LogP) is -0.401. The molecule has 0 aliphatic rings. The molecule has 2 N–H and O–H groups in total. The summed E-state index contributed by atoms with van der Waals surface area (Å²) in [6.07, 6.45) is 1.63. The Hall–Kier alpha value is -0.570. The number of rotatable bonds is 4. The van der Waals surface area contributed by atoms with Gasteiger partial charge in [0.2, 0.25) is 0 Å². The molecule has 0 saturated carbocycles.